The molecule has 2 aromatic heterocycles. The van der Waals surface area contributed by atoms with Crippen LogP contribution >= 0.6 is 23.2 Å². The molecule has 0 N–H and O–H groups in total. The van der Waals surface area contributed by atoms with Gasteiger partial charge in [0, 0.05) is 5.02 Å². The van der Waals surface area contributed by atoms with Gasteiger partial charge in [0.05, 0.1) is 8.80 Å². The van der Waals surface area contributed by atoms with Crippen LogP contribution in [0.15, 0.2) is 160 Å². The molecule has 0 aliphatic rings. The molecule has 0 bridgehead atoms. The first-order valence-corrected chi connectivity index (χ1v) is 24.7. The molecule has 315 valence electrons. The third kappa shape index (κ3) is 8.55. The van der Waals surface area contributed by atoms with Crippen molar-refractivity contribution in [3.63, 3.8) is 0 Å². The van der Waals surface area contributed by atoms with Crippen LogP contribution in [0.25, 0.3) is 88.7 Å². The molecule has 0 saturated carbocycles. The van der Waals surface area contributed by atoms with E-state index in [9.17, 15) is 0 Å². The summed E-state index contributed by atoms with van der Waals surface area (Å²) in [6.07, 6.45) is 0. The summed E-state index contributed by atoms with van der Waals surface area (Å²) < 4.78 is 12.1. The average Bonchev–Trinajstić information content (AvgIpc) is 4.09. The van der Waals surface area contributed by atoms with Crippen molar-refractivity contribution in [2.24, 2.45) is 0 Å². The fourth-order valence-electron chi connectivity index (χ4n) is 8.87. The van der Waals surface area contributed by atoms with E-state index in [1.807, 2.05) is 32.0 Å². The van der Waals surface area contributed by atoms with Gasteiger partial charge in [-0.1, -0.05) is 181 Å². The molecule has 0 unspecified atom stereocenters. The molecule has 10 rings (SSSR count). The Kier molecular flexibility index (Phi) is 13.3. The summed E-state index contributed by atoms with van der Waals surface area (Å²) in [4.78, 5) is 0. The van der Waals surface area contributed by atoms with Crippen LogP contribution in [0, 0.1) is 41.5 Å². The first-order valence-electron chi connectivity index (χ1n) is 21.5. The Bertz CT molecular complexity index is 3290. The maximum absolute atomic E-state index is 7.05. The average molecular weight is 968 g/mol. The first kappa shape index (κ1) is 45.4. The van der Waals surface area contributed by atoms with E-state index in [2.05, 4.69) is 174 Å². The first-order chi connectivity index (χ1) is 30.4. The van der Waals surface area contributed by atoms with Crippen molar-refractivity contribution in [3.8, 4) is 67.2 Å². The van der Waals surface area contributed by atoms with Crippen LogP contribution in [0.5, 0.6) is 0 Å². The van der Waals surface area contributed by atoms with Gasteiger partial charge in [-0.3, -0.25) is 0 Å². The zero-order valence-electron chi connectivity index (χ0n) is 37.5. The summed E-state index contributed by atoms with van der Waals surface area (Å²) in [6, 6.07) is 53.8. The van der Waals surface area contributed by atoms with Gasteiger partial charge in [-0.05, 0) is 110 Å². The number of halogens is 2. The molecule has 64 heavy (non-hydrogen) atoms. The summed E-state index contributed by atoms with van der Waals surface area (Å²) in [5.41, 5.74) is 16.6. The zero-order chi connectivity index (χ0) is 44.1. The van der Waals surface area contributed by atoms with Crippen LogP contribution in [0.4, 0.5) is 0 Å². The number of fused-ring (bicyclic) bond motifs is 2. The number of rotatable bonds is 7. The Morgan fingerprint density at radius 2 is 1.00 bits per heavy atom. The number of furan rings is 2. The fourth-order valence-corrected chi connectivity index (χ4v) is 11.5. The number of aryl methyl sites for hydroxylation is 5. The zero-order valence-corrected chi connectivity index (χ0v) is 42.5. The Morgan fingerprint density at radius 1 is 0.484 bits per heavy atom. The molecule has 2 nitrogen and oxygen atoms in total. The molecule has 0 saturated heterocycles. The predicted octanol–water partition coefficient (Wildman–Crippen LogP) is 17.4. The third-order valence-corrected chi connectivity index (χ3v) is 14.9. The number of hydrogen-bond acceptors (Lipinski definition) is 2. The van der Waals surface area contributed by atoms with Crippen molar-refractivity contribution < 1.29 is 35.0 Å². The van der Waals surface area contributed by atoms with Gasteiger partial charge in [0.2, 0.25) is 0 Å². The summed E-state index contributed by atoms with van der Waals surface area (Å²) in [5, 5.41) is 7.52. The summed E-state index contributed by atoms with van der Waals surface area (Å²) in [5.74, 6) is 3.60. The molecule has 1 radical (unpaired) electrons. The Morgan fingerprint density at radius 3 is 1.53 bits per heavy atom. The third-order valence-electron chi connectivity index (χ3n) is 12.4. The van der Waals surface area contributed by atoms with Gasteiger partial charge in [-0.2, -0.15) is 0 Å². The monoisotopic (exact) mass is 965 g/mol. The van der Waals surface area contributed by atoms with E-state index < -0.39 is 8.80 Å². The van der Waals surface area contributed by atoms with E-state index in [1.165, 1.54) is 60.5 Å². The van der Waals surface area contributed by atoms with E-state index in [1.54, 1.807) is 0 Å². The van der Waals surface area contributed by atoms with Crippen LogP contribution < -0.4 is 5.19 Å². The van der Waals surface area contributed by atoms with Crippen molar-refractivity contribution in [2.75, 3.05) is 0 Å². The van der Waals surface area contributed by atoms with Gasteiger partial charge in [-0.15, -0.1) is 48.0 Å². The quantitative estimate of drug-likeness (QED) is 0.118. The molecular formula is C58H49Cl2O2SiZr. The predicted molar refractivity (Wildman–Crippen MR) is 272 cm³/mol. The Balaban J connectivity index is 0.000000174. The summed E-state index contributed by atoms with van der Waals surface area (Å²) in [7, 11) is -0.870. The van der Waals surface area contributed by atoms with Crippen molar-refractivity contribution in [1.29, 1.82) is 0 Å². The number of benzene rings is 6. The smallest absolute Gasteiger partial charge is 0.462 e. The van der Waals surface area contributed by atoms with Crippen molar-refractivity contribution in [1.82, 2.24) is 0 Å². The topological polar surface area (TPSA) is 26.3 Å². The van der Waals surface area contributed by atoms with E-state index in [0.717, 1.165) is 77.2 Å². The van der Waals surface area contributed by atoms with Crippen LogP contribution in [0.1, 0.15) is 33.8 Å². The minimum Gasteiger partial charge on any atom is -0.462 e. The Labute approximate surface area is 408 Å². The van der Waals surface area contributed by atoms with Crippen molar-refractivity contribution in [2.45, 2.75) is 54.6 Å². The van der Waals surface area contributed by atoms with E-state index in [4.69, 9.17) is 32.0 Å². The largest absolute Gasteiger partial charge is 2.00 e. The second-order valence-corrected chi connectivity index (χ2v) is 20.2. The van der Waals surface area contributed by atoms with E-state index in [-0.39, 0.29) is 26.2 Å². The molecule has 0 amide bonds. The van der Waals surface area contributed by atoms with Gasteiger partial charge in [0.1, 0.15) is 23.0 Å². The van der Waals surface area contributed by atoms with Crippen LogP contribution in [0.2, 0.25) is 23.1 Å². The van der Waals surface area contributed by atoms with Crippen molar-refractivity contribution in [3.05, 3.63) is 195 Å². The minimum atomic E-state index is -0.870. The maximum atomic E-state index is 7.05. The molecule has 0 aliphatic heterocycles. The summed E-state index contributed by atoms with van der Waals surface area (Å²) >= 11 is 13.9. The number of hydrogen-bond donors (Lipinski definition) is 0. The second kappa shape index (κ2) is 18.7. The Hall–Kier alpha value is -5.22. The molecule has 0 fully saturated rings. The molecule has 0 atom stereocenters. The van der Waals surface area contributed by atoms with Crippen LogP contribution in [-0.4, -0.2) is 8.80 Å². The van der Waals surface area contributed by atoms with Gasteiger partial charge in [0.25, 0.3) is 0 Å². The van der Waals surface area contributed by atoms with Gasteiger partial charge >= 0.3 is 26.2 Å². The standard InChI is InChI=1S/C30H26Cl2OSi.C28H23O.Zr/c1-17-15-24-26(30(34(4)5)29(32)27(24)28(31)19(17)3)21-12-13-22(20-9-7-6-8-10-20)23(16-21)25-14-11-18(2)33-25;1-18-15-22-10-13-25(26(22)16-19(18)2)23-11-12-24(21-7-5-4-6-8-21)27(17-23)28-14-9-20(3)29-28;/h6-16H,1-5H3;4-17H,1-3H3;/q2*-1;+2. The minimum absolute atomic E-state index is 0. The molecule has 0 aliphatic carbocycles. The van der Waals surface area contributed by atoms with Gasteiger partial charge in [-0.25, -0.2) is 0 Å². The van der Waals surface area contributed by atoms with Crippen LogP contribution in [0.3, 0.4) is 0 Å². The molecule has 6 heteroatoms. The molecular weight excluding hydrogens is 919 g/mol. The van der Waals surface area contributed by atoms with Crippen molar-refractivity contribution >= 4 is 58.7 Å². The van der Waals surface area contributed by atoms with Gasteiger partial charge < -0.3 is 8.83 Å². The molecule has 10 aromatic rings. The SMILES string of the molecule is Cc1ccc(-c2cc(-[c-]3c([Si](C)C)c(Cl)c4c(Cl)c(C)c(C)cc43)ccc2-c2ccccc2)o1.Cc1ccc(-c2cc(-[c-]3ccc4cc(C)c(C)cc43)ccc2-c2ccccc2)o1.[Zr+2]. The van der Waals surface area contributed by atoms with E-state index in [0.29, 0.717) is 0 Å². The second-order valence-electron chi connectivity index (χ2n) is 17.0. The van der Waals surface area contributed by atoms with E-state index >= 15 is 0 Å². The summed E-state index contributed by atoms with van der Waals surface area (Å²) in [6.45, 7) is 17.1. The maximum Gasteiger partial charge on any atom is 2.00 e. The van der Waals surface area contributed by atoms with Gasteiger partial charge in [0.15, 0.2) is 0 Å². The molecule has 0 spiro atoms. The molecule has 8 aromatic carbocycles. The normalized spacial score (nSPS) is 11.3. The van der Waals surface area contributed by atoms with Crippen LogP contribution in [-0.2, 0) is 26.2 Å². The fraction of sp³-hybridized carbons (Fsp3) is 0.138. The molecule has 2 heterocycles.